The van der Waals surface area contributed by atoms with Crippen LogP contribution in [0, 0.1) is 12.7 Å². The van der Waals surface area contributed by atoms with E-state index in [1.807, 2.05) is 6.92 Å². The Morgan fingerprint density at radius 1 is 0.967 bits per heavy atom. The van der Waals surface area contributed by atoms with E-state index in [-0.39, 0.29) is 16.9 Å². The highest BCUT2D eigenvalue weighted by atomic mass is 19.1. The van der Waals surface area contributed by atoms with E-state index >= 15 is 0 Å². The summed E-state index contributed by atoms with van der Waals surface area (Å²) >= 11 is 0. The van der Waals surface area contributed by atoms with Gasteiger partial charge in [-0.15, -0.1) is 0 Å². The van der Waals surface area contributed by atoms with Gasteiger partial charge in [0.25, 0.3) is 0 Å². The second-order valence-electron chi connectivity index (χ2n) is 6.65. The first-order valence-corrected chi connectivity index (χ1v) is 9.16. The Labute approximate surface area is 171 Å². The maximum absolute atomic E-state index is 13.8. The van der Waals surface area contributed by atoms with E-state index in [0.717, 1.165) is 5.56 Å². The van der Waals surface area contributed by atoms with Crippen LogP contribution in [-0.4, -0.2) is 13.1 Å². The van der Waals surface area contributed by atoms with Gasteiger partial charge in [-0.25, -0.2) is 14.0 Å². The number of benzene rings is 3. The summed E-state index contributed by atoms with van der Waals surface area (Å²) in [5.74, 6) is -0.672. The Morgan fingerprint density at radius 2 is 1.67 bits per heavy atom. The summed E-state index contributed by atoms with van der Waals surface area (Å²) in [6, 6.07) is 17.4. The number of aryl methyl sites for hydroxylation is 1. The van der Waals surface area contributed by atoms with E-state index in [1.54, 1.807) is 49.6 Å². The molecule has 0 N–H and O–H groups in total. The van der Waals surface area contributed by atoms with Crippen molar-refractivity contribution < 1.29 is 23.1 Å². The Bertz CT molecular complexity index is 1310. The maximum atomic E-state index is 13.8. The molecule has 0 aliphatic heterocycles. The highest BCUT2D eigenvalue weighted by Crippen LogP contribution is 2.30. The molecule has 30 heavy (non-hydrogen) atoms. The fraction of sp³-hybridized carbons (Fsp3) is 0.0833. The summed E-state index contributed by atoms with van der Waals surface area (Å²) < 4.78 is 29.7. The molecule has 4 rings (SSSR count). The molecule has 0 spiro atoms. The van der Waals surface area contributed by atoms with Gasteiger partial charge in [0.15, 0.2) is 0 Å². The molecule has 1 aromatic heterocycles. The number of hydrogen-bond acceptors (Lipinski definition) is 5. The van der Waals surface area contributed by atoms with Gasteiger partial charge in [0.1, 0.15) is 22.9 Å². The van der Waals surface area contributed by atoms with Gasteiger partial charge in [-0.2, -0.15) is 0 Å². The molecule has 0 saturated heterocycles. The number of carbonyl (C=O) groups excluding carboxylic acids is 1. The third kappa shape index (κ3) is 3.55. The van der Waals surface area contributed by atoms with E-state index in [4.69, 9.17) is 13.9 Å². The summed E-state index contributed by atoms with van der Waals surface area (Å²) in [5, 5.41) is 0.700. The minimum absolute atomic E-state index is 0.149. The molecule has 0 aliphatic carbocycles. The van der Waals surface area contributed by atoms with E-state index in [9.17, 15) is 14.0 Å². The smallest absolute Gasteiger partial charge is 0.346 e. The lowest BCUT2D eigenvalue weighted by molar-refractivity contribution is 0.0730. The van der Waals surface area contributed by atoms with Crippen molar-refractivity contribution in [2.75, 3.05) is 7.11 Å². The van der Waals surface area contributed by atoms with Crippen LogP contribution in [0.4, 0.5) is 4.39 Å². The molecule has 5 nitrogen and oxygen atoms in total. The van der Waals surface area contributed by atoms with Crippen LogP contribution in [0.5, 0.6) is 11.5 Å². The van der Waals surface area contributed by atoms with Crippen LogP contribution in [-0.2, 0) is 0 Å². The standard InChI is InChI=1S/C24H17FO5/c1-14-18-12-11-17(29-23(26)19-5-3-4-6-20(19)25)13-21(18)30-24(27)22(14)15-7-9-16(28-2)10-8-15/h3-13H,1-2H3. The summed E-state index contributed by atoms with van der Waals surface area (Å²) in [4.78, 5) is 24.9. The van der Waals surface area contributed by atoms with Crippen LogP contribution >= 0.6 is 0 Å². The number of esters is 1. The largest absolute Gasteiger partial charge is 0.497 e. The molecule has 0 fully saturated rings. The summed E-state index contributed by atoms with van der Waals surface area (Å²) in [7, 11) is 1.57. The fourth-order valence-corrected chi connectivity index (χ4v) is 3.28. The third-order valence-corrected chi connectivity index (χ3v) is 4.82. The lowest BCUT2D eigenvalue weighted by Crippen LogP contribution is -2.11. The van der Waals surface area contributed by atoms with Gasteiger partial charge in [-0.1, -0.05) is 24.3 Å². The first-order chi connectivity index (χ1) is 14.5. The number of halogens is 1. The van der Waals surface area contributed by atoms with E-state index < -0.39 is 17.4 Å². The molecule has 0 unspecified atom stereocenters. The van der Waals surface area contributed by atoms with Crippen molar-refractivity contribution in [3.63, 3.8) is 0 Å². The predicted octanol–water partition coefficient (Wildman–Crippen LogP) is 5.14. The van der Waals surface area contributed by atoms with Crippen molar-refractivity contribution >= 4 is 16.9 Å². The molecule has 150 valence electrons. The average molecular weight is 404 g/mol. The van der Waals surface area contributed by atoms with Crippen LogP contribution in [0.1, 0.15) is 15.9 Å². The molecule has 0 saturated carbocycles. The number of fused-ring (bicyclic) bond motifs is 1. The Hall–Kier alpha value is -3.93. The van der Waals surface area contributed by atoms with E-state index in [0.29, 0.717) is 22.3 Å². The molecule has 0 aliphatic rings. The fourth-order valence-electron chi connectivity index (χ4n) is 3.28. The van der Waals surface area contributed by atoms with Gasteiger partial charge >= 0.3 is 11.6 Å². The molecular weight excluding hydrogens is 387 g/mol. The number of carbonyl (C=O) groups is 1. The average Bonchev–Trinajstić information content (AvgIpc) is 2.74. The molecule has 0 radical (unpaired) electrons. The van der Waals surface area contributed by atoms with Gasteiger partial charge in [-0.3, -0.25) is 0 Å². The summed E-state index contributed by atoms with van der Waals surface area (Å²) in [6.07, 6.45) is 0. The monoisotopic (exact) mass is 404 g/mol. The lowest BCUT2D eigenvalue weighted by Gasteiger charge is -2.10. The van der Waals surface area contributed by atoms with Gasteiger partial charge in [-0.05, 0) is 54.4 Å². The van der Waals surface area contributed by atoms with Crippen molar-refractivity contribution in [3.05, 3.63) is 94.1 Å². The second kappa shape index (κ2) is 7.83. The zero-order valence-electron chi connectivity index (χ0n) is 16.3. The lowest BCUT2D eigenvalue weighted by atomic mass is 9.99. The van der Waals surface area contributed by atoms with Crippen LogP contribution in [0.15, 0.2) is 75.9 Å². The first-order valence-electron chi connectivity index (χ1n) is 9.16. The Kier molecular flexibility index (Phi) is 5.06. The molecule has 1 heterocycles. The molecule has 4 aromatic rings. The topological polar surface area (TPSA) is 65.7 Å². The number of ether oxygens (including phenoxy) is 2. The molecule has 0 amide bonds. The Balaban J connectivity index is 1.71. The van der Waals surface area contributed by atoms with Gasteiger partial charge in [0, 0.05) is 11.5 Å². The first kappa shape index (κ1) is 19.4. The third-order valence-electron chi connectivity index (χ3n) is 4.82. The summed E-state index contributed by atoms with van der Waals surface area (Å²) in [6.45, 7) is 1.82. The molecule has 0 bridgehead atoms. The quantitative estimate of drug-likeness (QED) is 0.268. The van der Waals surface area contributed by atoms with Gasteiger partial charge in [0.05, 0.1) is 18.2 Å². The van der Waals surface area contributed by atoms with Crippen LogP contribution < -0.4 is 15.1 Å². The van der Waals surface area contributed by atoms with E-state index in [1.165, 1.54) is 24.3 Å². The molecule has 6 heteroatoms. The van der Waals surface area contributed by atoms with Gasteiger partial charge < -0.3 is 13.9 Å². The minimum Gasteiger partial charge on any atom is -0.497 e. The number of rotatable bonds is 4. The minimum atomic E-state index is -0.832. The van der Waals surface area contributed by atoms with Crippen molar-refractivity contribution in [2.45, 2.75) is 6.92 Å². The molecular formula is C24H17FO5. The second-order valence-corrected chi connectivity index (χ2v) is 6.65. The van der Waals surface area contributed by atoms with Crippen LogP contribution in [0.25, 0.3) is 22.1 Å². The van der Waals surface area contributed by atoms with Crippen molar-refractivity contribution in [2.24, 2.45) is 0 Å². The molecule has 3 aromatic carbocycles. The maximum Gasteiger partial charge on any atom is 0.346 e. The predicted molar refractivity (Wildman–Crippen MR) is 111 cm³/mol. The van der Waals surface area contributed by atoms with E-state index in [2.05, 4.69) is 0 Å². The Morgan fingerprint density at radius 3 is 2.37 bits per heavy atom. The summed E-state index contributed by atoms with van der Waals surface area (Å²) in [5.41, 5.74) is 1.47. The van der Waals surface area contributed by atoms with Crippen molar-refractivity contribution in [1.82, 2.24) is 0 Å². The van der Waals surface area contributed by atoms with Crippen molar-refractivity contribution in [1.29, 1.82) is 0 Å². The van der Waals surface area contributed by atoms with Crippen LogP contribution in [0.2, 0.25) is 0 Å². The molecule has 0 atom stereocenters. The number of hydrogen-bond donors (Lipinski definition) is 0. The highest BCUT2D eigenvalue weighted by molar-refractivity contribution is 5.92. The van der Waals surface area contributed by atoms with Gasteiger partial charge in [0.2, 0.25) is 0 Å². The zero-order valence-corrected chi connectivity index (χ0v) is 16.3. The van der Waals surface area contributed by atoms with Crippen molar-refractivity contribution in [3.8, 4) is 22.6 Å². The zero-order chi connectivity index (χ0) is 21.3. The van der Waals surface area contributed by atoms with Crippen LogP contribution in [0.3, 0.4) is 0 Å². The number of methoxy groups -OCH3 is 1. The normalized spacial score (nSPS) is 10.8. The SMILES string of the molecule is COc1ccc(-c2c(C)c3ccc(OC(=O)c4ccccc4F)cc3oc2=O)cc1. The highest BCUT2D eigenvalue weighted by Gasteiger charge is 2.17.